The van der Waals surface area contributed by atoms with Gasteiger partial charge in [-0.2, -0.15) is 0 Å². The van der Waals surface area contributed by atoms with Crippen molar-refractivity contribution in [1.82, 2.24) is 9.97 Å². The summed E-state index contributed by atoms with van der Waals surface area (Å²) in [5.74, 6) is 0.208. The first-order valence-electron chi connectivity index (χ1n) is 5.86. The van der Waals surface area contributed by atoms with E-state index in [0.717, 1.165) is 28.9 Å². The van der Waals surface area contributed by atoms with E-state index in [9.17, 15) is 0 Å². The third-order valence-corrected chi connectivity index (χ3v) is 2.68. The van der Waals surface area contributed by atoms with Gasteiger partial charge >= 0.3 is 0 Å². The van der Waals surface area contributed by atoms with Gasteiger partial charge in [-0.25, -0.2) is 0 Å². The molecule has 0 aliphatic heterocycles. The maximum Gasteiger partial charge on any atom is 0.0908 e. The van der Waals surface area contributed by atoms with Gasteiger partial charge in [0.25, 0.3) is 0 Å². The molecular formula is C14H16N4. The van der Waals surface area contributed by atoms with E-state index in [1.165, 1.54) is 0 Å². The lowest BCUT2D eigenvalue weighted by Gasteiger charge is -2.03. The maximum absolute atomic E-state index is 7.19. The lowest BCUT2D eigenvalue weighted by Crippen LogP contribution is -2.10. The molecule has 2 rings (SSSR count). The van der Waals surface area contributed by atoms with E-state index in [1.807, 2.05) is 43.6 Å². The van der Waals surface area contributed by atoms with Crippen LogP contribution in [0.5, 0.6) is 0 Å². The molecule has 0 saturated carbocycles. The summed E-state index contributed by atoms with van der Waals surface area (Å²) >= 11 is 0. The quantitative estimate of drug-likeness (QED) is 0.636. The molecule has 2 aromatic heterocycles. The van der Waals surface area contributed by atoms with Crippen LogP contribution in [0.3, 0.4) is 0 Å². The van der Waals surface area contributed by atoms with Crippen LogP contribution in [-0.2, 0) is 6.42 Å². The average molecular weight is 240 g/mol. The van der Waals surface area contributed by atoms with Crippen molar-refractivity contribution in [2.24, 2.45) is 5.73 Å². The van der Waals surface area contributed by atoms with Crippen molar-refractivity contribution in [2.45, 2.75) is 19.8 Å². The number of pyridine rings is 2. The Labute approximate surface area is 106 Å². The van der Waals surface area contributed by atoms with Crippen LogP contribution in [0.1, 0.15) is 17.5 Å². The fourth-order valence-corrected chi connectivity index (χ4v) is 1.62. The van der Waals surface area contributed by atoms with E-state index in [-0.39, 0.29) is 5.84 Å². The molecular weight excluding hydrogens is 224 g/mol. The molecule has 0 aliphatic carbocycles. The fraction of sp³-hybridized carbons (Fsp3) is 0.214. The number of aryl methyl sites for hydroxylation is 2. The predicted molar refractivity (Wildman–Crippen MR) is 72.4 cm³/mol. The zero-order valence-corrected chi connectivity index (χ0v) is 10.4. The van der Waals surface area contributed by atoms with Crippen LogP contribution in [0, 0.1) is 12.3 Å². The Hall–Kier alpha value is -2.23. The second-order valence-electron chi connectivity index (χ2n) is 4.30. The van der Waals surface area contributed by atoms with Crippen molar-refractivity contribution in [3.8, 4) is 11.4 Å². The molecule has 2 heterocycles. The second kappa shape index (κ2) is 5.40. The Morgan fingerprint density at radius 1 is 1.11 bits per heavy atom. The summed E-state index contributed by atoms with van der Waals surface area (Å²) in [6.07, 6.45) is 4.98. The van der Waals surface area contributed by atoms with Gasteiger partial charge in [0.05, 0.1) is 17.2 Å². The van der Waals surface area contributed by atoms with Crippen LogP contribution in [0.15, 0.2) is 36.7 Å². The molecule has 0 aliphatic rings. The van der Waals surface area contributed by atoms with E-state index in [1.54, 1.807) is 0 Å². The zero-order chi connectivity index (χ0) is 13.0. The summed E-state index contributed by atoms with van der Waals surface area (Å²) < 4.78 is 0. The number of rotatable bonds is 4. The van der Waals surface area contributed by atoms with Crippen molar-refractivity contribution < 1.29 is 0 Å². The summed E-state index contributed by atoms with van der Waals surface area (Å²) in [4.78, 5) is 8.72. The molecule has 3 N–H and O–H groups in total. The normalized spacial score (nSPS) is 10.3. The minimum atomic E-state index is 0.208. The third kappa shape index (κ3) is 3.13. The van der Waals surface area contributed by atoms with E-state index in [0.29, 0.717) is 6.42 Å². The van der Waals surface area contributed by atoms with Gasteiger partial charge in [0.15, 0.2) is 0 Å². The van der Waals surface area contributed by atoms with Crippen LogP contribution >= 0.6 is 0 Å². The highest BCUT2D eigenvalue weighted by atomic mass is 14.8. The Balaban J connectivity index is 2.12. The summed E-state index contributed by atoms with van der Waals surface area (Å²) in [7, 11) is 0. The largest absolute Gasteiger partial charge is 0.388 e. The molecule has 4 nitrogen and oxygen atoms in total. The van der Waals surface area contributed by atoms with Crippen LogP contribution in [-0.4, -0.2) is 15.8 Å². The van der Waals surface area contributed by atoms with Crippen molar-refractivity contribution in [3.63, 3.8) is 0 Å². The van der Waals surface area contributed by atoms with Gasteiger partial charge in [0.1, 0.15) is 0 Å². The summed E-state index contributed by atoms with van der Waals surface area (Å²) in [6.45, 7) is 2.01. The van der Waals surface area contributed by atoms with Crippen LogP contribution in [0.25, 0.3) is 11.4 Å². The number of hydrogen-bond acceptors (Lipinski definition) is 3. The van der Waals surface area contributed by atoms with Crippen molar-refractivity contribution in [3.05, 3.63) is 47.8 Å². The number of aromatic nitrogens is 2. The Morgan fingerprint density at radius 3 is 2.28 bits per heavy atom. The highest BCUT2D eigenvalue weighted by Gasteiger charge is 2.01. The van der Waals surface area contributed by atoms with E-state index in [2.05, 4.69) is 9.97 Å². The average Bonchev–Trinajstić information content (AvgIpc) is 2.38. The molecule has 0 fully saturated rings. The van der Waals surface area contributed by atoms with Crippen molar-refractivity contribution >= 4 is 5.84 Å². The number of hydrogen-bond donors (Lipinski definition) is 2. The zero-order valence-electron chi connectivity index (χ0n) is 10.4. The Kier molecular flexibility index (Phi) is 3.67. The number of nitrogens with two attached hydrogens (primary N) is 1. The third-order valence-electron chi connectivity index (χ3n) is 2.68. The number of amidine groups is 1. The predicted octanol–water partition coefficient (Wildman–Crippen LogP) is 2.32. The highest BCUT2D eigenvalue weighted by Crippen LogP contribution is 2.15. The monoisotopic (exact) mass is 240 g/mol. The molecule has 0 amide bonds. The smallest absolute Gasteiger partial charge is 0.0908 e. The molecule has 0 spiro atoms. The summed E-state index contributed by atoms with van der Waals surface area (Å²) in [6, 6.07) is 7.94. The molecule has 4 heteroatoms. The molecule has 0 bridgehead atoms. The van der Waals surface area contributed by atoms with Crippen LogP contribution in [0.2, 0.25) is 0 Å². The van der Waals surface area contributed by atoms with Gasteiger partial charge in [-0.15, -0.1) is 0 Å². The van der Waals surface area contributed by atoms with E-state index < -0.39 is 0 Å². The molecule has 0 radical (unpaired) electrons. The second-order valence-corrected chi connectivity index (χ2v) is 4.30. The minimum Gasteiger partial charge on any atom is -0.388 e. The van der Waals surface area contributed by atoms with E-state index in [4.69, 9.17) is 11.1 Å². The molecule has 0 atom stereocenters. The summed E-state index contributed by atoms with van der Waals surface area (Å²) in [5, 5.41) is 7.19. The van der Waals surface area contributed by atoms with Crippen molar-refractivity contribution in [2.75, 3.05) is 0 Å². The molecule has 92 valence electrons. The van der Waals surface area contributed by atoms with Gasteiger partial charge < -0.3 is 5.73 Å². The molecule has 0 unspecified atom stereocenters. The SMILES string of the molecule is Cc1ccc(-c2ccc(CCC(=N)N)cn2)nc1. The van der Waals surface area contributed by atoms with Crippen molar-refractivity contribution in [1.29, 1.82) is 5.41 Å². The van der Waals surface area contributed by atoms with Gasteiger partial charge in [0, 0.05) is 18.8 Å². The lowest BCUT2D eigenvalue weighted by molar-refractivity contribution is 1.00. The topological polar surface area (TPSA) is 75.7 Å². The number of nitrogens with zero attached hydrogens (tertiary/aromatic N) is 2. The Bertz CT molecular complexity index is 529. The first-order valence-corrected chi connectivity index (χ1v) is 5.86. The molecule has 0 saturated heterocycles. The van der Waals surface area contributed by atoms with Crippen LogP contribution < -0.4 is 5.73 Å². The highest BCUT2D eigenvalue weighted by molar-refractivity contribution is 5.77. The summed E-state index contributed by atoms with van der Waals surface area (Å²) in [5.41, 5.74) is 9.28. The Morgan fingerprint density at radius 2 is 1.78 bits per heavy atom. The fourth-order valence-electron chi connectivity index (χ4n) is 1.62. The molecule has 0 aromatic carbocycles. The lowest BCUT2D eigenvalue weighted by atomic mass is 10.1. The van der Waals surface area contributed by atoms with Gasteiger partial charge in [0.2, 0.25) is 0 Å². The molecule has 2 aromatic rings. The van der Waals surface area contributed by atoms with Gasteiger partial charge in [-0.3, -0.25) is 15.4 Å². The maximum atomic E-state index is 7.19. The first-order chi connectivity index (χ1) is 8.65. The minimum absolute atomic E-state index is 0.208. The van der Waals surface area contributed by atoms with Crippen LogP contribution in [0.4, 0.5) is 0 Å². The van der Waals surface area contributed by atoms with Gasteiger partial charge in [-0.1, -0.05) is 12.1 Å². The first kappa shape index (κ1) is 12.2. The number of nitrogens with one attached hydrogen (secondary N) is 1. The molecule has 18 heavy (non-hydrogen) atoms. The van der Waals surface area contributed by atoms with E-state index >= 15 is 0 Å². The van der Waals surface area contributed by atoms with Gasteiger partial charge in [-0.05, 0) is 36.6 Å². The standard InChI is InChI=1S/C14H16N4/c1-10-2-5-12(17-8-10)13-6-3-11(9-18-13)4-7-14(15)16/h2-3,5-6,8-9H,4,7H2,1H3,(H3,15,16).